The van der Waals surface area contributed by atoms with Gasteiger partial charge in [0.05, 0.1) is 29.2 Å². The zero-order valence-corrected chi connectivity index (χ0v) is 22.3. The Morgan fingerprint density at radius 1 is 1.15 bits per heavy atom. The number of thiophene rings is 1. The van der Waals surface area contributed by atoms with E-state index in [9.17, 15) is 4.79 Å². The number of hydrogen-bond donors (Lipinski definition) is 2. The third kappa shape index (κ3) is 4.39. The molecule has 1 amide bonds. The van der Waals surface area contributed by atoms with Crippen molar-refractivity contribution in [2.24, 2.45) is 7.05 Å². The van der Waals surface area contributed by atoms with Gasteiger partial charge in [0, 0.05) is 41.3 Å². The van der Waals surface area contributed by atoms with E-state index in [2.05, 4.69) is 38.4 Å². The monoisotopic (exact) mass is 532 g/mol. The summed E-state index contributed by atoms with van der Waals surface area (Å²) in [5, 5.41) is 14.5. The zero-order valence-electron chi connectivity index (χ0n) is 21.5. The van der Waals surface area contributed by atoms with Crippen LogP contribution in [0, 0.1) is 18.8 Å². The molecular formula is C29H24N8OS. The molecule has 10 heteroatoms. The number of anilines is 1. The number of amides is 1. The van der Waals surface area contributed by atoms with Crippen LogP contribution in [0.3, 0.4) is 0 Å². The molecule has 1 unspecified atom stereocenters. The second kappa shape index (κ2) is 9.70. The minimum Gasteiger partial charge on any atom is -0.381 e. The van der Waals surface area contributed by atoms with Crippen molar-refractivity contribution >= 4 is 38.9 Å². The van der Waals surface area contributed by atoms with Crippen molar-refractivity contribution in [2.45, 2.75) is 19.9 Å². The van der Waals surface area contributed by atoms with E-state index in [4.69, 9.17) is 10.7 Å². The van der Waals surface area contributed by atoms with Gasteiger partial charge in [0.25, 0.3) is 5.91 Å². The Hall–Kier alpha value is -5.01. The molecule has 3 N–H and O–H groups in total. The predicted octanol–water partition coefficient (Wildman–Crippen LogP) is 4.52. The maximum absolute atomic E-state index is 13.4. The van der Waals surface area contributed by atoms with Gasteiger partial charge in [-0.3, -0.25) is 9.48 Å². The van der Waals surface area contributed by atoms with E-state index in [0.717, 1.165) is 43.9 Å². The van der Waals surface area contributed by atoms with Gasteiger partial charge in [0.2, 0.25) is 0 Å². The molecule has 0 radical (unpaired) electrons. The number of pyridine rings is 1. The van der Waals surface area contributed by atoms with E-state index in [1.54, 1.807) is 24.7 Å². The van der Waals surface area contributed by atoms with Gasteiger partial charge in [-0.1, -0.05) is 42.2 Å². The van der Waals surface area contributed by atoms with Crippen LogP contribution in [0.2, 0.25) is 0 Å². The number of nitrogens with two attached hydrogens (primary N) is 1. The van der Waals surface area contributed by atoms with E-state index in [1.807, 2.05) is 61.3 Å². The lowest BCUT2D eigenvalue weighted by molar-refractivity contribution is 0.0941. The van der Waals surface area contributed by atoms with Gasteiger partial charge in [-0.2, -0.15) is 5.10 Å². The van der Waals surface area contributed by atoms with Crippen LogP contribution in [-0.2, 0) is 7.05 Å². The minimum absolute atomic E-state index is 0.121. The van der Waals surface area contributed by atoms with E-state index >= 15 is 0 Å². The SMILES string of the molecule is Cc1c(C#Cc2csc3nc(C(C)NC(=O)c4c(N)nn5cccnc45)c(-c4ccccc4)cc23)cnn1C. The Kier molecular flexibility index (Phi) is 6.05. The van der Waals surface area contributed by atoms with Gasteiger partial charge in [-0.15, -0.1) is 16.4 Å². The van der Waals surface area contributed by atoms with Crippen LogP contribution in [0.25, 0.3) is 27.0 Å². The third-order valence-electron chi connectivity index (χ3n) is 6.65. The number of benzene rings is 1. The van der Waals surface area contributed by atoms with E-state index in [0.29, 0.717) is 5.65 Å². The molecule has 5 heterocycles. The number of nitrogen functional groups attached to an aromatic ring is 1. The number of carbonyl (C=O) groups excluding carboxylic acids is 1. The highest BCUT2D eigenvalue weighted by atomic mass is 32.1. The molecule has 0 saturated carbocycles. The quantitative estimate of drug-likeness (QED) is 0.323. The Bertz CT molecular complexity index is 1920. The van der Waals surface area contributed by atoms with Gasteiger partial charge in [-0.25, -0.2) is 14.5 Å². The van der Waals surface area contributed by atoms with Gasteiger partial charge >= 0.3 is 0 Å². The Balaban J connectivity index is 1.41. The normalized spacial score (nSPS) is 11.9. The molecular weight excluding hydrogens is 508 g/mol. The smallest absolute Gasteiger partial charge is 0.259 e. The molecule has 1 atom stereocenters. The molecule has 5 aromatic heterocycles. The molecule has 192 valence electrons. The number of aromatic nitrogens is 6. The summed E-state index contributed by atoms with van der Waals surface area (Å²) in [4.78, 5) is 23.5. The second-order valence-corrected chi connectivity index (χ2v) is 10.0. The highest BCUT2D eigenvalue weighted by Crippen LogP contribution is 2.34. The summed E-state index contributed by atoms with van der Waals surface area (Å²) in [6, 6.07) is 13.4. The molecule has 0 aliphatic carbocycles. The average Bonchev–Trinajstić information content (AvgIpc) is 3.61. The van der Waals surface area contributed by atoms with Gasteiger partial charge in [0.1, 0.15) is 10.4 Å². The molecule has 0 fully saturated rings. The summed E-state index contributed by atoms with van der Waals surface area (Å²) in [5.74, 6) is 6.32. The number of nitrogens with one attached hydrogen (secondary N) is 1. The van der Waals surface area contributed by atoms with Crippen LogP contribution < -0.4 is 11.1 Å². The predicted molar refractivity (Wildman–Crippen MR) is 152 cm³/mol. The summed E-state index contributed by atoms with van der Waals surface area (Å²) in [6.45, 7) is 3.91. The summed E-state index contributed by atoms with van der Waals surface area (Å²) in [5.41, 5.74) is 12.2. The number of fused-ring (bicyclic) bond motifs is 2. The lowest BCUT2D eigenvalue weighted by Gasteiger charge is -2.18. The van der Waals surface area contributed by atoms with Crippen molar-refractivity contribution in [2.75, 3.05) is 5.73 Å². The maximum Gasteiger partial charge on any atom is 0.259 e. The molecule has 39 heavy (non-hydrogen) atoms. The van der Waals surface area contributed by atoms with Crippen LogP contribution >= 0.6 is 11.3 Å². The fourth-order valence-corrected chi connectivity index (χ4v) is 5.32. The molecule has 0 saturated heterocycles. The van der Waals surface area contributed by atoms with Crippen LogP contribution in [0.5, 0.6) is 0 Å². The van der Waals surface area contributed by atoms with E-state index < -0.39 is 6.04 Å². The minimum atomic E-state index is -0.426. The lowest BCUT2D eigenvalue weighted by atomic mass is 9.98. The number of carbonyl (C=O) groups is 1. The van der Waals surface area contributed by atoms with Crippen molar-refractivity contribution in [3.8, 4) is 23.0 Å². The Morgan fingerprint density at radius 3 is 2.72 bits per heavy atom. The third-order valence-corrected chi connectivity index (χ3v) is 7.54. The van der Waals surface area contributed by atoms with Crippen LogP contribution in [-0.4, -0.2) is 35.3 Å². The number of aryl methyl sites for hydroxylation is 1. The highest BCUT2D eigenvalue weighted by molar-refractivity contribution is 7.17. The van der Waals surface area contributed by atoms with E-state index in [1.165, 1.54) is 15.9 Å². The first-order chi connectivity index (χ1) is 18.9. The molecule has 6 aromatic rings. The number of hydrogen-bond acceptors (Lipinski definition) is 7. The largest absolute Gasteiger partial charge is 0.381 e. The maximum atomic E-state index is 13.4. The Morgan fingerprint density at radius 2 is 1.95 bits per heavy atom. The first-order valence-corrected chi connectivity index (χ1v) is 13.2. The van der Waals surface area contributed by atoms with Gasteiger partial charge in [0.15, 0.2) is 11.5 Å². The standard InChI is InChI=1S/C29H24N8OS/c1-17(33-28(38)24-26(30)35-37-13-7-12-31-27(24)37)25-22(19-8-5-4-6-9-19)14-23-21(16-39-29(23)34-25)11-10-20-15-32-36(3)18(20)2/h4-9,12-17H,1-3H3,(H2,30,35)(H,33,38). The fraction of sp³-hybridized carbons (Fsp3) is 0.138. The second-order valence-electron chi connectivity index (χ2n) is 9.15. The van der Waals surface area contributed by atoms with Crippen molar-refractivity contribution in [3.63, 3.8) is 0 Å². The van der Waals surface area contributed by atoms with Crippen molar-refractivity contribution in [1.82, 2.24) is 34.7 Å². The highest BCUT2D eigenvalue weighted by Gasteiger charge is 2.24. The van der Waals surface area contributed by atoms with E-state index in [-0.39, 0.29) is 17.3 Å². The lowest BCUT2D eigenvalue weighted by Crippen LogP contribution is -2.28. The van der Waals surface area contributed by atoms with Crippen molar-refractivity contribution in [1.29, 1.82) is 0 Å². The number of rotatable bonds is 4. The summed E-state index contributed by atoms with van der Waals surface area (Å²) in [6.07, 6.45) is 5.08. The van der Waals surface area contributed by atoms with Crippen molar-refractivity contribution < 1.29 is 4.79 Å². The molecule has 6 rings (SSSR count). The van der Waals surface area contributed by atoms with Crippen LogP contribution in [0.1, 0.15) is 45.8 Å². The van der Waals surface area contributed by atoms with Crippen LogP contribution in [0.15, 0.2) is 66.4 Å². The van der Waals surface area contributed by atoms with Crippen LogP contribution in [0.4, 0.5) is 5.82 Å². The van der Waals surface area contributed by atoms with Gasteiger partial charge in [-0.05, 0) is 31.5 Å². The summed E-state index contributed by atoms with van der Waals surface area (Å²) < 4.78 is 3.30. The fourth-order valence-electron chi connectivity index (χ4n) is 4.46. The molecule has 0 aliphatic rings. The summed E-state index contributed by atoms with van der Waals surface area (Å²) >= 11 is 1.52. The summed E-state index contributed by atoms with van der Waals surface area (Å²) in [7, 11) is 1.90. The van der Waals surface area contributed by atoms with Gasteiger partial charge < -0.3 is 11.1 Å². The first-order valence-electron chi connectivity index (χ1n) is 12.3. The first kappa shape index (κ1) is 24.3. The topological polar surface area (TPSA) is 116 Å². The van der Waals surface area contributed by atoms with Crippen molar-refractivity contribution in [3.05, 3.63) is 94.5 Å². The molecule has 9 nitrogen and oxygen atoms in total. The average molecular weight is 533 g/mol. The molecule has 0 spiro atoms. The molecule has 0 bridgehead atoms. The Labute approximate surface area is 228 Å². The molecule has 1 aromatic carbocycles. The molecule has 0 aliphatic heterocycles. The zero-order chi connectivity index (χ0) is 27.1. The number of nitrogens with zero attached hydrogens (tertiary/aromatic N) is 6.